The first-order valence-corrected chi connectivity index (χ1v) is 7.16. The zero-order chi connectivity index (χ0) is 13.4. The predicted molar refractivity (Wildman–Crippen MR) is 78.5 cm³/mol. The minimum absolute atomic E-state index is 0.0988. The molecule has 0 radical (unpaired) electrons. The van der Waals surface area contributed by atoms with E-state index in [1.54, 1.807) is 11.3 Å². The number of benzene rings is 1. The Hall–Kier alpha value is -1.92. The van der Waals surface area contributed by atoms with Crippen molar-refractivity contribution in [2.24, 2.45) is 0 Å². The summed E-state index contributed by atoms with van der Waals surface area (Å²) < 4.78 is 15.6. The molecule has 2 aromatic heterocycles. The normalized spacial score (nSPS) is 10.8. The van der Waals surface area contributed by atoms with Crippen LogP contribution in [-0.2, 0) is 0 Å². The fourth-order valence-corrected chi connectivity index (χ4v) is 3.70. The fraction of sp³-hybridized carbons (Fsp3) is 0. The van der Waals surface area contributed by atoms with Crippen LogP contribution < -0.4 is 11.1 Å². The average Bonchev–Trinajstić information content (AvgIpc) is 2.94. The van der Waals surface area contributed by atoms with Gasteiger partial charge in [-0.3, -0.25) is 4.79 Å². The van der Waals surface area contributed by atoms with Gasteiger partial charge in [0.2, 0.25) is 0 Å². The second-order valence-corrected chi connectivity index (χ2v) is 5.98. The molecule has 0 aliphatic heterocycles. The summed E-state index contributed by atoms with van der Waals surface area (Å²) in [5.74, 6) is -0.821. The van der Waals surface area contributed by atoms with Gasteiger partial charge in [-0.05, 0) is 35.7 Å². The van der Waals surface area contributed by atoms with Crippen molar-refractivity contribution in [3.05, 3.63) is 46.4 Å². The first-order chi connectivity index (χ1) is 9.13. The zero-order valence-electron chi connectivity index (χ0n) is 9.64. The quantitative estimate of drug-likeness (QED) is 0.703. The van der Waals surface area contributed by atoms with Crippen LogP contribution in [0.2, 0.25) is 0 Å². The predicted octanol–water partition coefficient (Wildman–Crippen LogP) is 3.94. The van der Waals surface area contributed by atoms with Crippen LogP contribution in [0.5, 0.6) is 0 Å². The number of anilines is 2. The number of thiophene rings is 2. The van der Waals surface area contributed by atoms with Gasteiger partial charge < -0.3 is 11.1 Å². The summed E-state index contributed by atoms with van der Waals surface area (Å²) >= 11 is 2.96. The maximum absolute atomic E-state index is 13.5. The van der Waals surface area contributed by atoms with Gasteiger partial charge >= 0.3 is 0 Å². The lowest BCUT2D eigenvalue weighted by atomic mass is 10.2. The van der Waals surface area contributed by atoms with Crippen LogP contribution >= 0.6 is 22.7 Å². The molecule has 3 rings (SSSR count). The lowest BCUT2D eigenvalue weighted by Crippen LogP contribution is -2.11. The fourth-order valence-electron chi connectivity index (χ4n) is 1.70. The van der Waals surface area contributed by atoms with Crippen LogP contribution in [0, 0.1) is 5.82 Å². The van der Waals surface area contributed by atoms with E-state index in [1.165, 1.54) is 29.5 Å². The third-order valence-electron chi connectivity index (χ3n) is 2.60. The molecule has 0 unspecified atom stereocenters. The minimum Gasteiger partial charge on any atom is -0.399 e. The molecule has 0 aliphatic carbocycles. The van der Waals surface area contributed by atoms with Crippen molar-refractivity contribution in [2.75, 3.05) is 11.1 Å². The summed E-state index contributed by atoms with van der Waals surface area (Å²) in [6, 6.07) is 7.86. The molecule has 96 valence electrons. The summed E-state index contributed by atoms with van der Waals surface area (Å²) in [6.45, 7) is 0. The number of carbonyl (C=O) groups is 1. The molecule has 0 spiro atoms. The number of amides is 1. The summed E-state index contributed by atoms with van der Waals surface area (Å²) in [4.78, 5) is 12.6. The topological polar surface area (TPSA) is 55.1 Å². The summed E-state index contributed by atoms with van der Waals surface area (Å²) in [5, 5.41) is 4.51. The summed E-state index contributed by atoms with van der Waals surface area (Å²) in [7, 11) is 0. The highest BCUT2D eigenvalue weighted by Gasteiger charge is 2.13. The molecule has 0 aliphatic rings. The highest BCUT2D eigenvalue weighted by molar-refractivity contribution is 7.27. The molecule has 19 heavy (non-hydrogen) atoms. The second-order valence-electron chi connectivity index (χ2n) is 3.95. The molecule has 0 saturated heterocycles. The molecule has 0 fully saturated rings. The van der Waals surface area contributed by atoms with Crippen molar-refractivity contribution >= 4 is 49.4 Å². The van der Waals surface area contributed by atoms with Gasteiger partial charge in [0, 0.05) is 15.1 Å². The Labute approximate surface area is 116 Å². The van der Waals surface area contributed by atoms with E-state index < -0.39 is 5.82 Å². The minimum atomic E-state index is -0.499. The van der Waals surface area contributed by atoms with Crippen LogP contribution in [0.15, 0.2) is 35.7 Å². The van der Waals surface area contributed by atoms with E-state index in [0.717, 1.165) is 9.40 Å². The number of halogens is 1. The van der Waals surface area contributed by atoms with Crippen molar-refractivity contribution in [3.63, 3.8) is 0 Å². The maximum Gasteiger partial charge on any atom is 0.265 e. The number of carbonyl (C=O) groups excluding carboxylic acids is 1. The van der Waals surface area contributed by atoms with Crippen LogP contribution in [0.4, 0.5) is 15.8 Å². The van der Waals surface area contributed by atoms with E-state index in [1.807, 2.05) is 17.5 Å². The lowest BCUT2D eigenvalue weighted by molar-refractivity contribution is 0.103. The monoisotopic (exact) mass is 292 g/mol. The first kappa shape index (κ1) is 12.1. The van der Waals surface area contributed by atoms with Gasteiger partial charge in [-0.2, -0.15) is 0 Å². The van der Waals surface area contributed by atoms with Gasteiger partial charge in [-0.15, -0.1) is 22.7 Å². The number of hydrogen-bond donors (Lipinski definition) is 2. The van der Waals surface area contributed by atoms with Gasteiger partial charge in [-0.25, -0.2) is 4.39 Å². The Morgan fingerprint density at radius 2 is 2.05 bits per heavy atom. The third kappa shape index (κ3) is 2.32. The van der Waals surface area contributed by atoms with Crippen molar-refractivity contribution in [3.8, 4) is 0 Å². The average molecular weight is 292 g/mol. The van der Waals surface area contributed by atoms with Crippen LogP contribution in [0.1, 0.15) is 9.67 Å². The van der Waals surface area contributed by atoms with Gasteiger partial charge in [-0.1, -0.05) is 0 Å². The third-order valence-corrected chi connectivity index (χ3v) is 4.69. The number of nitrogens with two attached hydrogens (primary N) is 1. The van der Waals surface area contributed by atoms with Crippen LogP contribution in [0.25, 0.3) is 9.40 Å². The molecule has 3 aromatic rings. The van der Waals surface area contributed by atoms with E-state index in [2.05, 4.69) is 5.32 Å². The molecule has 0 saturated carbocycles. The van der Waals surface area contributed by atoms with Crippen molar-refractivity contribution in [1.82, 2.24) is 0 Å². The van der Waals surface area contributed by atoms with Crippen molar-refractivity contribution in [2.45, 2.75) is 0 Å². The summed E-state index contributed by atoms with van der Waals surface area (Å²) in [6.07, 6.45) is 0. The Kier molecular flexibility index (Phi) is 2.96. The van der Waals surface area contributed by atoms with Crippen LogP contribution in [-0.4, -0.2) is 5.91 Å². The molecule has 0 bridgehead atoms. The van der Waals surface area contributed by atoms with E-state index in [9.17, 15) is 9.18 Å². The number of hydrogen-bond acceptors (Lipinski definition) is 4. The standard InChI is InChI=1S/C13H9FN2OS2/c14-8-2-1-7(15)5-9(8)16-13(17)12-6-11-10(19-12)3-4-18-11/h1-6H,15H2,(H,16,17). The van der Waals surface area contributed by atoms with Crippen LogP contribution in [0.3, 0.4) is 0 Å². The summed E-state index contributed by atoms with van der Waals surface area (Å²) in [5.41, 5.74) is 6.08. The van der Waals surface area contributed by atoms with Gasteiger partial charge in [0.1, 0.15) is 5.82 Å². The molecular formula is C13H9FN2OS2. The molecule has 1 amide bonds. The number of nitrogens with one attached hydrogen (secondary N) is 1. The first-order valence-electron chi connectivity index (χ1n) is 5.47. The second kappa shape index (κ2) is 4.64. The Morgan fingerprint density at radius 3 is 2.84 bits per heavy atom. The molecule has 1 aromatic carbocycles. The number of rotatable bonds is 2. The van der Waals surface area contributed by atoms with Gasteiger partial charge in [0.15, 0.2) is 0 Å². The maximum atomic E-state index is 13.5. The number of nitrogen functional groups attached to an aromatic ring is 1. The largest absolute Gasteiger partial charge is 0.399 e. The number of fused-ring (bicyclic) bond motifs is 1. The van der Waals surface area contributed by atoms with E-state index in [-0.39, 0.29) is 11.6 Å². The van der Waals surface area contributed by atoms with Crippen molar-refractivity contribution < 1.29 is 9.18 Å². The van der Waals surface area contributed by atoms with Crippen molar-refractivity contribution in [1.29, 1.82) is 0 Å². The zero-order valence-corrected chi connectivity index (χ0v) is 11.3. The highest BCUT2D eigenvalue weighted by Crippen LogP contribution is 2.30. The smallest absolute Gasteiger partial charge is 0.265 e. The molecular weight excluding hydrogens is 283 g/mol. The molecule has 0 atom stereocenters. The Bertz CT molecular complexity index is 734. The molecule has 6 heteroatoms. The molecule has 3 nitrogen and oxygen atoms in total. The lowest BCUT2D eigenvalue weighted by Gasteiger charge is -2.05. The molecule has 3 N–H and O–H groups in total. The SMILES string of the molecule is Nc1ccc(F)c(NC(=O)c2cc3sccc3s2)c1. The van der Waals surface area contributed by atoms with E-state index >= 15 is 0 Å². The Morgan fingerprint density at radius 1 is 1.21 bits per heavy atom. The van der Waals surface area contributed by atoms with E-state index in [0.29, 0.717) is 10.6 Å². The Balaban J connectivity index is 1.88. The van der Waals surface area contributed by atoms with E-state index in [4.69, 9.17) is 5.73 Å². The highest BCUT2D eigenvalue weighted by atomic mass is 32.1. The van der Waals surface area contributed by atoms with Gasteiger partial charge in [0.05, 0.1) is 10.6 Å². The van der Waals surface area contributed by atoms with Gasteiger partial charge in [0.25, 0.3) is 5.91 Å². The molecule has 2 heterocycles.